The average molecular weight is 311 g/mol. The Labute approximate surface area is 136 Å². The average Bonchev–Trinajstić information content (AvgIpc) is 2.51. The molecule has 0 radical (unpaired) electrons. The molecule has 3 atom stereocenters. The molecule has 1 nitrogen and oxygen atoms in total. The lowest BCUT2D eigenvalue weighted by molar-refractivity contribution is 0.426. The van der Waals surface area contributed by atoms with Crippen molar-refractivity contribution in [1.29, 1.82) is 0 Å². The first-order valence-corrected chi connectivity index (χ1v) is 9.15. The number of rotatable bonds is 13. The SMILES string of the molecule is C=CC(P)C(CCCC)CCCCC.C=CCNCC=C. The lowest BCUT2D eigenvalue weighted by Gasteiger charge is -2.20. The van der Waals surface area contributed by atoms with Crippen LogP contribution in [0, 0.1) is 5.92 Å². The maximum atomic E-state index is 3.90. The summed E-state index contributed by atoms with van der Waals surface area (Å²) in [4.78, 5) is 0. The summed E-state index contributed by atoms with van der Waals surface area (Å²) in [7, 11) is 2.94. The van der Waals surface area contributed by atoms with Gasteiger partial charge in [-0.2, -0.15) is 0 Å². The highest BCUT2D eigenvalue weighted by Crippen LogP contribution is 2.26. The van der Waals surface area contributed by atoms with Gasteiger partial charge in [0.2, 0.25) is 0 Å². The zero-order valence-corrected chi connectivity index (χ0v) is 15.6. The molecule has 0 aliphatic rings. The lowest BCUT2D eigenvalue weighted by Crippen LogP contribution is -2.12. The molecule has 124 valence electrons. The van der Waals surface area contributed by atoms with E-state index in [2.05, 4.69) is 54.2 Å². The monoisotopic (exact) mass is 311 g/mol. The van der Waals surface area contributed by atoms with E-state index >= 15 is 0 Å². The fourth-order valence-corrected chi connectivity index (χ4v) is 2.52. The summed E-state index contributed by atoms with van der Waals surface area (Å²) in [5, 5.41) is 3.05. The van der Waals surface area contributed by atoms with Crippen LogP contribution < -0.4 is 5.32 Å². The van der Waals surface area contributed by atoms with Crippen molar-refractivity contribution in [1.82, 2.24) is 5.32 Å². The van der Waals surface area contributed by atoms with Crippen LogP contribution in [0.2, 0.25) is 0 Å². The molecule has 3 unspecified atom stereocenters. The lowest BCUT2D eigenvalue weighted by atomic mass is 9.92. The molecule has 0 heterocycles. The number of hydrogen-bond acceptors (Lipinski definition) is 1. The maximum absolute atomic E-state index is 3.90. The summed E-state index contributed by atoms with van der Waals surface area (Å²) < 4.78 is 0. The Morgan fingerprint density at radius 3 is 1.86 bits per heavy atom. The molecule has 0 amide bonds. The van der Waals surface area contributed by atoms with Crippen LogP contribution in [0.5, 0.6) is 0 Å². The van der Waals surface area contributed by atoms with E-state index in [1.54, 1.807) is 0 Å². The minimum atomic E-state index is 0.624. The topological polar surface area (TPSA) is 12.0 Å². The van der Waals surface area contributed by atoms with E-state index in [4.69, 9.17) is 0 Å². The van der Waals surface area contributed by atoms with Crippen LogP contribution in [0.3, 0.4) is 0 Å². The molecule has 0 aromatic heterocycles. The highest BCUT2D eigenvalue weighted by Gasteiger charge is 2.13. The number of hydrogen-bond donors (Lipinski definition) is 1. The van der Waals surface area contributed by atoms with Crippen molar-refractivity contribution in [2.24, 2.45) is 5.92 Å². The molecule has 0 aliphatic heterocycles. The Morgan fingerprint density at radius 2 is 1.43 bits per heavy atom. The van der Waals surface area contributed by atoms with Crippen LogP contribution in [-0.2, 0) is 0 Å². The molecule has 1 N–H and O–H groups in total. The van der Waals surface area contributed by atoms with Crippen molar-refractivity contribution in [2.45, 2.75) is 64.5 Å². The molecule has 0 aromatic rings. The van der Waals surface area contributed by atoms with E-state index in [0.29, 0.717) is 5.66 Å². The first-order valence-electron chi connectivity index (χ1n) is 8.48. The van der Waals surface area contributed by atoms with Crippen molar-refractivity contribution >= 4 is 9.24 Å². The van der Waals surface area contributed by atoms with Crippen LogP contribution >= 0.6 is 9.24 Å². The van der Waals surface area contributed by atoms with Gasteiger partial charge in [0.1, 0.15) is 0 Å². The van der Waals surface area contributed by atoms with Gasteiger partial charge in [0.05, 0.1) is 0 Å². The highest BCUT2D eigenvalue weighted by atomic mass is 31.0. The second-order valence-corrected chi connectivity index (χ2v) is 6.22. The number of unbranched alkanes of at least 4 members (excludes halogenated alkanes) is 3. The highest BCUT2D eigenvalue weighted by molar-refractivity contribution is 7.18. The van der Waals surface area contributed by atoms with Crippen molar-refractivity contribution in [3.63, 3.8) is 0 Å². The van der Waals surface area contributed by atoms with E-state index in [-0.39, 0.29) is 0 Å². The van der Waals surface area contributed by atoms with Gasteiger partial charge < -0.3 is 5.32 Å². The molecule has 0 fully saturated rings. The molecule has 0 saturated heterocycles. The van der Waals surface area contributed by atoms with Crippen LogP contribution in [0.1, 0.15) is 58.8 Å². The third-order valence-corrected chi connectivity index (χ3v) is 4.32. The fraction of sp³-hybridized carbons (Fsp3) is 0.684. The first kappa shape index (κ1) is 22.9. The Hall–Kier alpha value is -0.390. The molecular formula is C19H38NP. The summed E-state index contributed by atoms with van der Waals surface area (Å²) in [5.41, 5.74) is 0.624. The van der Waals surface area contributed by atoms with Gasteiger partial charge in [-0.05, 0) is 24.4 Å². The Bertz CT molecular complexity index is 230. The summed E-state index contributed by atoms with van der Waals surface area (Å²) in [6, 6.07) is 0. The number of allylic oxidation sites excluding steroid dienone is 1. The van der Waals surface area contributed by atoms with Crippen molar-refractivity contribution in [2.75, 3.05) is 13.1 Å². The van der Waals surface area contributed by atoms with E-state index in [1.165, 1.54) is 44.9 Å². The van der Waals surface area contributed by atoms with E-state index < -0.39 is 0 Å². The maximum Gasteiger partial charge on any atom is 0.0135 e. The molecule has 0 rings (SSSR count). The van der Waals surface area contributed by atoms with Gasteiger partial charge in [-0.25, -0.2) is 0 Å². The number of nitrogens with one attached hydrogen (secondary N) is 1. The molecule has 2 heteroatoms. The van der Waals surface area contributed by atoms with Gasteiger partial charge >= 0.3 is 0 Å². The van der Waals surface area contributed by atoms with Crippen molar-refractivity contribution in [3.05, 3.63) is 38.0 Å². The van der Waals surface area contributed by atoms with Gasteiger partial charge in [-0.15, -0.1) is 29.0 Å². The van der Waals surface area contributed by atoms with Crippen molar-refractivity contribution in [3.8, 4) is 0 Å². The zero-order chi connectivity index (χ0) is 16.3. The summed E-state index contributed by atoms with van der Waals surface area (Å²) in [6.07, 6.45) is 15.3. The van der Waals surface area contributed by atoms with Gasteiger partial charge in [0.15, 0.2) is 0 Å². The molecule has 0 aromatic carbocycles. The quantitative estimate of drug-likeness (QED) is 0.259. The first-order chi connectivity index (χ1) is 10.2. The van der Waals surface area contributed by atoms with Crippen molar-refractivity contribution < 1.29 is 0 Å². The van der Waals surface area contributed by atoms with Gasteiger partial charge in [0, 0.05) is 13.1 Å². The third-order valence-electron chi connectivity index (χ3n) is 3.50. The van der Waals surface area contributed by atoms with E-state index in [0.717, 1.165) is 19.0 Å². The second kappa shape index (κ2) is 19.6. The van der Waals surface area contributed by atoms with Crippen LogP contribution in [-0.4, -0.2) is 18.7 Å². The zero-order valence-electron chi connectivity index (χ0n) is 14.4. The fourth-order valence-electron chi connectivity index (χ4n) is 2.13. The molecule has 0 spiro atoms. The Balaban J connectivity index is 0. The van der Waals surface area contributed by atoms with E-state index in [1.807, 2.05) is 12.2 Å². The minimum absolute atomic E-state index is 0.624. The van der Waals surface area contributed by atoms with Gasteiger partial charge in [-0.1, -0.05) is 64.2 Å². The largest absolute Gasteiger partial charge is 0.310 e. The predicted octanol–water partition coefficient (Wildman–Crippen LogP) is 5.75. The standard InChI is InChI=1S/C13H27P.C6H11N/c1-4-7-9-11-12(10-8-5-2)13(14)6-3;1-3-5-7-6-4-2/h6,12-13H,3-5,7-11,14H2,1-2H3;3-4,7H,1-2,5-6H2. The van der Waals surface area contributed by atoms with Gasteiger partial charge in [0.25, 0.3) is 0 Å². The normalized spacial score (nSPS) is 12.7. The van der Waals surface area contributed by atoms with Crippen LogP contribution in [0.25, 0.3) is 0 Å². The molecule has 0 saturated carbocycles. The van der Waals surface area contributed by atoms with Crippen LogP contribution in [0.15, 0.2) is 38.0 Å². The molecule has 0 aliphatic carbocycles. The third kappa shape index (κ3) is 17.6. The Kier molecular flexibility index (Phi) is 21.4. The second-order valence-electron chi connectivity index (χ2n) is 5.45. The van der Waals surface area contributed by atoms with Crippen LogP contribution in [0.4, 0.5) is 0 Å². The smallest absolute Gasteiger partial charge is 0.0135 e. The molecule has 21 heavy (non-hydrogen) atoms. The minimum Gasteiger partial charge on any atom is -0.310 e. The van der Waals surface area contributed by atoms with E-state index in [9.17, 15) is 0 Å². The Morgan fingerprint density at radius 1 is 0.905 bits per heavy atom. The predicted molar refractivity (Wildman–Crippen MR) is 104 cm³/mol. The summed E-state index contributed by atoms with van der Waals surface area (Å²) in [5.74, 6) is 0.851. The summed E-state index contributed by atoms with van der Waals surface area (Å²) >= 11 is 0. The van der Waals surface area contributed by atoms with Gasteiger partial charge in [-0.3, -0.25) is 0 Å². The molecular weight excluding hydrogens is 273 g/mol. The summed E-state index contributed by atoms with van der Waals surface area (Å²) in [6.45, 7) is 17.2. The molecule has 0 bridgehead atoms.